The van der Waals surface area contributed by atoms with Crippen molar-refractivity contribution in [3.05, 3.63) is 26.9 Å². The van der Waals surface area contributed by atoms with Crippen LogP contribution < -0.4 is 5.32 Å². The minimum Gasteiger partial charge on any atom is -0.326 e. The van der Waals surface area contributed by atoms with E-state index in [0.717, 1.165) is 6.07 Å². The minimum absolute atomic E-state index is 0.169. The number of hydrogen-bond acceptors (Lipinski definition) is 1. The highest BCUT2D eigenvalue weighted by Crippen LogP contribution is 2.34. The van der Waals surface area contributed by atoms with Gasteiger partial charge in [0.1, 0.15) is 5.82 Å². The van der Waals surface area contributed by atoms with Crippen LogP contribution in [0.15, 0.2) is 10.5 Å². The van der Waals surface area contributed by atoms with Gasteiger partial charge in [0.15, 0.2) is 0 Å². The van der Waals surface area contributed by atoms with Crippen molar-refractivity contribution in [3.63, 3.8) is 0 Å². The highest BCUT2D eigenvalue weighted by atomic mass is 79.9. The molecule has 5 heteroatoms. The van der Waals surface area contributed by atoms with Crippen molar-refractivity contribution in [2.75, 3.05) is 5.32 Å². The Morgan fingerprint density at radius 2 is 2.31 bits per heavy atom. The van der Waals surface area contributed by atoms with Gasteiger partial charge in [-0.05, 0) is 28.9 Å². The topological polar surface area (TPSA) is 29.1 Å². The molecule has 0 fully saturated rings. The van der Waals surface area contributed by atoms with Crippen molar-refractivity contribution in [3.8, 4) is 0 Å². The van der Waals surface area contributed by atoms with Crippen molar-refractivity contribution in [1.82, 2.24) is 0 Å². The third-order valence-electron chi connectivity index (χ3n) is 1.60. The Kier molecular flexibility index (Phi) is 3.27. The molecule has 0 atom stereocenters. The summed E-state index contributed by atoms with van der Waals surface area (Å²) in [7, 11) is 0. The molecule has 0 aromatic heterocycles. The molecule has 70 valence electrons. The molecule has 0 unspecified atom stereocenters. The number of carbonyl (C=O) groups is 1. The van der Waals surface area contributed by atoms with Gasteiger partial charge in [-0.1, -0.05) is 11.6 Å². The van der Waals surface area contributed by atoms with Gasteiger partial charge in [-0.15, -0.1) is 0 Å². The van der Waals surface area contributed by atoms with Gasteiger partial charge in [0, 0.05) is 10.0 Å². The molecule has 13 heavy (non-hydrogen) atoms. The summed E-state index contributed by atoms with van der Waals surface area (Å²) in [5.41, 5.74) is 0.796. The Bertz CT molecular complexity index is 356. The minimum atomic E-state index is -0.409. The van der Waals surface area contributed by atoms with Crippen molar-refractivity contribution in [1.29, 1.82) is 0 Å². The Morgan fingerprint density at radius 3 is 2.85 bits per heavy atom. The highest BCUT2D eigenvalue weighted by Gasteiger charge is 2.11. The highest BCUT2D eigenvalue weighted by molar-refractivity contribution is 9.10. The summed E-state index contributed by atoms with van der Waals surface area (Å²) in [6, 6.07) is 1.16. The van der Waals surface area contributed by atoms with Crippen LogP contribution in [0.4, 0.5) is 10.1 Å². The molecule has 0 aliphatic rings. The van der Waals surface area contributed by atoms with Crippen LogP contribution in [0.25, 0.3) is 0 Å². The molecule has 0 heterocycles. The van der Waals surface area contributed by atoms with E-state index in [1.54, 1.807) is 6.92 Å². The molecule has 0 bridgehead atoms. The van der Waals surface area contributed by atoms with Gasteiger partial charge in [-0.3, -0.25) is 4.79 Å². The van der Waals surface area contributed by atoms with Crippen LogP contribution in [0.3, 0.4) is 0 Å². The van der Waals surface area contributed by atoms with Crippen LogP contribution in [0, 0.1) is 12.7 Å². The second kappa shape index (κ2) is 4.07. The van der Waals surface area contributed by atoms with Gasteiger partial charge in [-0.25, -0.2) is 4.39 Å². The smallest absolute Gasteiger partial charge is 0.211 e. The molecule has 1 aromatic rings. The Balaban J connectivity index is 3.34. The first-order valence-corrected chi connectivity index (χ1v) is 4.59. The molecular weight excluding hydrogens is 260 g/mol. The molecule has 2 nitrogen and oxygen atoms in total. The molecule has 1 aromatic carbocycles. The lowest BCUT2D eigenvalue weighted by atomic mass is 10.2. The fraction of sp³-hybridized carbons (Fsp3) is 0.125. The van der Waals surface area contributed by atoms with Crippen molar-refractivity contribution >= 4 is 39.6 Å². The van der Waals surface area contributed by atoms with E-state index < -0.39 is 5.82 Å². The first-order chi connectivity index (χ1) is 6.07. The maximum Gasteiger partial charge on any atom is 0.211 e. The van der Waals surface area contributed by atoms with Gasteiger partial charge in [0.2, 0.25) is 6.41 Å². The van der Waals surface area contributed by atoms with Gasteiger partial charge < -0.3 is 5.32 Å². The summed E-state index contributed by atoms with van der Waals surface area (Å²) in [4.78, 5) is 10.2. The van der Waals surface area contributed by atoms with Gasteiger partial charge in [0.25, 0.3) is 0 Å². The van der Waals surface area contributed by atoms with Gasteiger partial charge >= 0.3 is 0 Å². The number of hydrogen-bond donors (Lipinski definition) is 1. The fourth-order valence-electron chi connectivity index (χ4n) is 0.880. The average molecular weight is 266 g/mol. The lowest BCUT2D eigenvalue weighted by Crippen LogP contribution is -1.98. The first kappa shape index (κ1) is 10.5. The third-order valence-corrected chi connectivity index (χ3v) is 2.89. The van der Waals surface area contributed by atoms with E-state index in [0.29, 0.717) is 22.1 Å². The van der Waals surface area contributed by atoms with Crippen LogP contribution in [0.2, 0.25) is 5.02 Å². The monoisotopic (exact) mass is 265 g/mol. The van der Waals surface area contributed by atoms with E-state index in [-0.39, 0.29) is 5.02 Å². The van der Waals surface area contributed by atoms with Crippen molar-refractivity contribution < 1.29 is 9.18 Å². The van der Waals surface area contributed by atoms with Gasteiger partial charge in [0.05, 0.1) is 10.7 Å². The van der Waals surface area contributed by atoms with Crippen molar-refractivity contribution in [2.45, 2.75) is 6.92 Å². The summed E-state index contributed by atoms with van der Waals surface area (Å²) in [5, 5.41) is 2.55. The lowest BCUT2D eigenvalue weighted by Gasteiger charge is -2.08. The van der Waals surface area contributed by atoms with E-state index in [4.69, 9.17) is 11.6 Å². The summed E-state index contributed by atoms with van der Waals surface area (Å²) < 4.78 is 13.5. The molecule has 0 saturated carbocycles. The second-order valence-electron chi connectivity index (χ2n) is 2.42. The van der Waals surface area contributed by atoms with Gasteiger partial charge in [-0.2, -0.15) is 0 Å². The summed E-state index contributed by atoms with van der Waals surface area (Å²) in [6.07, 6.45) is 0.489. The Morgan fingerprint density at radius 1 is 1.69 bits per heavy atom. The number of rotatable bonds is 2. The van der Waals surface area contributed by atoms with E-state index in [9.17, 15) is 9.18 Å². The number of halogens is 3. The lowest BCUT2D eigenvalue weighted by molar-refractivity contribution is -0.105. The zero-order valence-corrected chi connectivity index (χ0v) is 9.04. The number of benzene rings is 1. The molecule has 1 rings (SSSR count). The molecule has 1 amide bonds. The predicted molar refractivity (Wildman–Crippen MR) is 53.5 cm³/mol. The molecule has 0 spiro atoms. The van der Waals surface area contributed by atoms with E-state index in [2.05, 4.69) is 21.2 Å². The quantitative estimate of drug-likeness (QED) is 0.819. The number of amides is 1. The zero-order chi connectivity index (χ0) is 10.0. The first-order valence-electron chi connectivity index (χ1n) is 3.42. The van der Waals surface area contributed by atoms with Crippen molar-refractivity contribution in [2.24, 2.45) is 0 Å². The van der Waals surface area contributed by atoms with Crippen LogP contribution in [0.1, 0.15) is 5.56 Å². The summed E-state index contributed by atoms with van der Waals surface area (Å²) in [5.74, 6) is -0.409. The van der Waals surface area contributed by atoms with Crippen LogP contribution in [0.5, 0.6) is 0 Å². The molecule has 1 N–H and O–H groups in total. The maximum atomic E-state index is 13.0. The van der Waals surface area contributed by atoms with Crippen LogP contribution in [-0.4, -0.2) is 6.41 Å². The van der Waals surface area contributed by atoms with E-state index >= 15 is 0 Å². The Hall–Kier alpha value is -0.610. The number of carbonyl (C=O) groups excluding carboxylic acids is 1. The second-order valence-corrected chi connectivity index (χ2v) is 3.62. The SMILES string of the molecule is Cc1c(F)cc(Cl)c(NC=O)c1Br. The fourth-order valence-corrected chi connectivity index (χ4v) is 1.76. The normalized spacial score (nSPS) is 9.85. The molecular formula is C8H6BrClFNO. The standard InChI is InChI=1S/C8H6BrClFNO/c1-4-6(11)2-5(10)8(7(4)9)12-3-13/h2-3H,1H3,(H,12,13). The van der Waals surface area contributed by atoms with Crippen LogP contribution >= 0.6 is 27.5 Å². The summed E-state index contributed by atoms with van der Waals surface area (Å²) in [6.45, 7) is 1.59. The summed E-state index contributed by atoms with van der Waals surface area (Å²) >= 11 is 8.83. The zero-order valence-electron chi connectivity index (χ0n) is 6.70. The molecule has 0 radical (unpaired) electrons. The van der Waals surface area contributed by atoms with E-state index in [1.807, 2.05) is 0 Å². The molecule has 0 aliphatic heterocycles. The predicted octanol–water partition coefficient (Wildman–Crippen LogP) is 3.12. The molecule has 0 saturated heterocycles. The maximum absolute atomic E-state index is 13.0. The van der Waals surface area contributed by atoms with Crippen LogP contribution in [-0.2, 0) is 4.79 Å². The number of anilines is 1. The van der Waals surface area contributed by atoms with E-state index in [1.165, 1.54) is 0 Å². The average Bonchev–Trinajstić information content (AvgIpc) is 2.09. The molecule has 0 aliphatic carbocycles. The largest absolute Gasteiger partial charge is 0.326 e. The third kappa shape index (κ3) is 2.00. The Labute approximate surface area is 88.2 Å². The number of nitrogens with one attached hydrogen (secondary N) is 1.